The maximum absolute atomic E-state index is 12.8. The van der Waals surface area contributed by atoms with E-state index in [4.69, 9.17) is 11.1 Å². The van der Waals surface area contributed by atoms with Gasteiger partial charge in [0.1, 0.15) is 5.84 Å². The molecule has 2 rings (SSSR count). The Kier molecular flexibility index (Phi) is 4.16. The van der Waals surface area contributed by atoms with Crippen molar-refractivity contribution in [3.63, 3.8) is 0 Å². The molecule has 0 bridgehead atoms. The van der Waals surface area contributed by atoms with E-state index >= 15 is 0 Å². The number of alkyl halides is 3. The fourth-order valence-electron chi connectivity index (χ4n) is 3.06. The van der Waals surface area contributed by atoms with Crippen molar-refractivity contribution >= 4 is 11.5 Å². The van der Waals surface area contributed by atoms with Gasteiger partial charge in [-0.05, 0) is 36.5 Å². The summed E-state index contributed by atoms with van der Waals surface area (Å²) in [4.78, 5) is 2.04. The highest BCUT2D eigenvalue weighted by molar-refractivity contribution is 6.00. The molecule has 1 saturated heterocycles. The van der Waals surface area contributed by atoms with Crippen LogP contribution in [0.15, 0.2) is 18.2 Å². The lowest BCUT2D eigenvalue weighted by atomic mass is 9.91. The summed E-state index contributed by atoms with van der Waals surface area (Å²) >= 11 is 0. The minimum atomic E-state index is -4.43. The predicted octanol–water partition coefficient (Wildman–Crippen LogP) is 3.47. The van der Waals surface area contributed by atoms with Crippen molar-refractivity contribution in [3.05, 3.63) is 29.3 Å². The molecule has 1 heterocycles. The zero-order chi connectivity index (χ0) is 15.8. The van der Waals surface area contributed by atoms with E-state index in [1.807, 2.05) is 4.90 Å². The second-order valence-corrected chi connectivity index (χ2v) is 5.99. The highest BCUT2D eigenvalue weighted by Crippen LogP contribution is 2.34. The van der Waals surface area contributed by atoms with Crippen LogP contribution in [0.3, 0.4) is 0 Å². The van der Waals surface area contributed by atoms with Gasteiger partial charge >= 0.3 is 6.18 Å². The first-order valence-corrected chi connectivity index (χ1v) is 6.99. The van der Waals surface area contributed by atoms with Crippen molar-refractivity contribution in [3.8, 4) is 0 Å². The fourth-order valence-corrected chi connectivity index (χ4v) is 3.06. The van der Waals surface area contributed by atoms with Gasteiger partial charge in [0.15, 0.2) is 0 Å². The molecule has 116 valence electrons. The summed E-state index contributed by atoms with van der Waals surface area (Å²) in [5, 5.41) is 7.58. The summed E-state index contributed by atoms with van der Waals surface area (Å²) in [5.74, 6) is 0.605. The Hall–Kier alpha value is -1.72. The Morgan fingerprint density at radius 2 is 1.81 bits per heavy atom. The van der Waals surface area contributed by atoms with Gasteiger partial charge in [-0.15, -0.1) is 0 Å². The minimum Gasteiger partial charge on any atom is -0.384 e. The molecule has 6 heteroatoms. The van der Waals surface area contributed by atoms with Crippen LogP contribution in [0.2, 0.25) is 0 Å². The summed E-state index contributed by atoms with van der Waals surface area (Å²) < 4.78 is 38.4. The lowest BCUT2D eigenvalue weighted by Crippen LogP contribution is -2.39. The Bertz CT molecular complexity index is 529. The summed E-state index contributed by atoms with van der Waals surface area (Å²) in [6.45, 7) is 5.80. The first kappa shape index (κ1) is 15.7. The zero-order valence-corrected chi connectivity index (χ0v) is 12.2. The lowest BCUT2D eigenvalue weighted by Gasteiger charge is -2.37. The number of rotatable bonds is 2. The van der Waals surface area contributed by atoms with Gasteiger partial charge in [0.25, 0.3) is 0 Å². The molecular formula is C15H20F3N3. The van der Waals surface area contributed by atoms with Crippen LogP contribution in [0.5, 0.6) is 0 Å². The van der Waals surface area contributed by atoms with E-state index in [1.54, 1.807) is 0 Å². The van der Waals surface area contributed by atoms with E-state index in [-0.39, 0.29) is 11.4 Å². The summed E-state index contributed by atoms with van der Waals surface area (Å²) in [6, 6.07) is 3.47. The van der Waals surface area contributed by atoms with E-state index in [0.717, 1.165) is 31.6 Å². The molecule has 1 aliphatic heterocycles. The third kappa shape index (κ3) is 3.49. The van der Waals surface area contributed by atoms with Gasteiger partial charge < -0.3 is 10.6 Å². The molecule has 2 unspecified atom stereocenters. The largest absolute Gasteiger partial charge is 0.416 e. The van der Waals surface area contributed by atoms with Crippen LogP contribution in [0.1, 0.15) is 31.4 Å². The Balaban J connectivity index is 2.41. The smallest absolute Gasteiger partial charge is 0.384 e. The average molecular weight is 299 g/mol. The number of anilines is 1. The van der Waals surface area contributed by atoms with E-state index < -0.39 is 11.7 Å². The second-order valence-electron chi connectivity index (χ2n) is 5.99. The monoisotopic (exact) mass is 299 g/mol. The Labute approximate surface area is 122 Å². The molecule has 1 aromatic rings. The van der Waals surface area contributed by atoms with E-state index in [1.165, 1.54) is 6.07 Å². The Morgan fingerprint density at radius 3 is 2.29 bits per heavy atom. The van der Waals surface area contributed by atoms with Gasteiger partial charge in [0.2, 0.25) is 0 Å². The molecular weight excluding hydrogens is 279 g/mol. The van der Waals surface area contributed by atoms with E-state index in [0.29, 0.717) is 17.5 Å². The molecule has 3 N–H and O–H groups in total. The number of nitrogens with zero attached hydrogens (tertiary/aromatic N) is 1. The van der Waals surface area contributed by atoms with Gasteiger partial charge in [-0.1, -0.05) is 13.8 Å². The average Bonchev–Trinajstić information content (AvgIpc) is 2.35. The van der Waals surface area contributed by atoms with Gasteiger partial charge in [0.05, 0.1) is 5.56 Å². The lowest BCUT2D eigenvalue weighted by molar-refractivity contribution is -0.137. The number of amidine groups is 1. The van der Waals surface area contributed by atoms with Crippen LogP contribution in [-0.2, 0) is 6.18 Å². The fraction of sp³-hybridized carbons (Fsp3) is 0.533. The predicted molar refractivity (Wildman–Crippen MR) is 77.6 cm³/mol. The van der Waals surface area contributed by atoms with Gasteiger partial charge in [-0.3, -0.25) is 5.41 Å². The molecule has 1 fully saturated rings. The molecule has 3 nitrogen and oxygen atoms in total. The number of nitrogens with two attached hydrogens (primary N) is 1. The first-order valence-electron chi connectivity index (χ1n) is 6.99. The maximum Gasteiger partial charge on any atom is 0.416 e. The Morgan fingerprint density at radius 1 is 1.24 bits per heavy atom. The minimum absolute atomic E-state index is 0.158. The highest BCUT2D eigenvalue weighted by atomic mass is 19.4. The molecule has 0 radical (unpaired) electrons. The SMILES string of the molecule is CC1CC(C)CN(c2ccc(C(F)(F)F)cc2C(=N)N)C1. The molecule has 0 spiro atoms. The van der Waals surface area contributed by atoms with Crippen molar-refractivity contribution in [1.29, 1.82) is 5.41 Å². The molecule has 0 aromatic heterocycles. The number of nitrogen functional groups attached to an aromatic ring is 1. The standard InChI is InChI=1S/C15H20F3N3/c1-9-5-10(2)8-21(7-9)13-4-3-11(15(16,17)18)6-12(13)14(19)20/h3-4,6,9-10H,5,7-8H2,1-2H3,(H3,19,20). The molecule has 21 heavy (non-hydrogen) atoms. The van der Waals surface area contributed by atoms with Gasteiger partial charge in [-0.2, -0.15) is 13.2 Å². The van der Waals surface area contributed by atoms with E-state index in [2.05, 4.69) is 13.8 Å². The van der Waals surface area contributed by atoms with Crippen LogP contribution in [0.25, 0.3) is 0 Å². The second kappa shape index (κ2) is 5.58. The maximum atomic E-state index is 12.8. The molecule has 1 aromatic carbocycles. The number of halogens is 3. The van der Waals surface area contributed by atoms with Crippen LogP contribution < -0.4 is 10.6 Å². The van der Waals surface area contributed by atoms with Gasteiger partial charge in [-0.25, -0.2) is 0 Å². The normalized spacial score (nSPS) is 23.2. The van der Waals surface area contributed by atoms with Crippen molar-refractivity contribution in [1.82, 2.24) is 0 Å². The summed E-state index contributed by atoms with van der Waals surface area (Å²) in [6.07, 6.45) is -3.32. The quantitative estimate of drug-likeness (QED) is 0.649. The number of benzene rings is 1. The van der Waals surface area contributed by atoms with E-state index in [9.17, 15) is 13.2 Å². The number of nitrogens with one attached hydrogen (secondary N) is 1. The number of hydrogen-bond acceptors (Lipinski definition) is 2. The van der Waals surface area contributed by atoms with Crippen molar-refractivity contribution in [2.24, 2.45) is 17.6 Å². The van der Waals surface area contributed by atoms with Crippen LogP contribution >= 0.6 is 0 Å². The van der Waals surface area contributed by atoms with Crippen LogP contribution in [0.4, 0.5) is 18.9 Å². The van der Waals surface area contributed by atoms with Crippen molar-refractivity contribution in [2.75, 3.05) is 18.0 Å². The molecule has 1 aliphatic rings. The number of piperidine rings is 1. The topological polar surface area (TPSA) is 53.1 Å². The van der Waals surface area contributed by atoms with Gasteiger partial charge in [0, 0.05) is 24.3 Å². The molecule has 2 atom stereocenters. The molecule has 0 saturated carbocycles. The van der Waals surface area contributed by atoms with Crippen molar-refractivity contribution < 1.29 is 13.2 Å². The van der Waals surface area contributed by atoms with Crippen LogP contribution in [-0.4, -0.2) is 18.9 Å². The summed E-state index contributed by atoms with van der Waals surface area (Å²) in [7, 11) is 0. The zero-order valence-electron chi connectivity index (χ0n) is 12.2. The molecule has 0 amide bonds. The van der Waals surface area contributed by atoms with Crippen molar-refractivity contribution in [2.45, 2.75) is 26.4 Å². The summed E-state index contributed by atoms with van der Waals surface area (Å²) in [5.41, 5.74) is 5.50. The molecule has 0 aliphatic carbocycles. The third-order valence-electron chi connectivity index (χ3n) is 3.82. The van der Waals surface area contributed by atoms with Crippen LogP contribution in [0, 0.1) is 17.2 Å². The highest BCUT2D eigenvalue weighted by Gasteiger charge is 2.32. The first-order chi connectivity index (χ1) is 9.68. The number of hydrogen-bond donors (Lipinski definition) is 2. The third-order valence-corrected chi connectivity index (χ3v) is 3.82.